The summed E-state index contributed by atoms with van der Waals surface area (Å²) in [5, 5.41) is 20.6. The average Bonchev–Trinajstić information content (AvgIpc) is 3.10. The molecule has 7 heteroatoms. The number of nitrogens with zero attached hydrogens (tertiary/aromatic N) is 4. The lowest BCUT2D eigenvalue weighted by Gasteiger charge is -2.13. The first-order valence-corrected chi connectivity index (χ1v) is 7.13. The molecule has 0 aliphatic carbocycles. The molecular weight excluding hydrogens is 272 g/mol. The van der Waals surface area contributed by atoms with Gasteiger partial charge in [0, 0.05) is 16.6 Å². The Morgan fingerprint density at radius 1 is 1.35 bits per heavy atom. The maximum Gasteiger partial charge on any atom is 0.204 e. The van der Waals surface area contributed by atoms with Crippen molar-refractivity contribution < 1.29 is 0 Å². The van der Waals surface area contributed by atoms with E-state index in [0.717, 1.165) is 22.0 Å². The van der Waals surface area contributed by atoms with E-state index in [4.69, 9.17) is 0 Å². The lowest BCUT2D eigenvalue weighted by Crippen LogP contribution is -2.07. The molecule has 3 aromatic rings. The molecule has 0 spiro atoms. The minimum Gasteiger partial charge on any atom is -0.377 e. The number of thiazole rings is 1. The van der Waals surface area contributed by atoms with E-state index in [1.807, 2.05) is 31.2 Å². The number of aromatic amines is 1. The zero-order valence-electron chi connectivity index (χ0n) is 11.2. The summed E-state index contributed by atoms with van der Waals surface area (Å²) in [5.41, 5.74) is 2.98. The molecule has 0 fully saturated rings. The van der Waals surface area contributed by atoms with Crippen LogP contribution in [-0.2, 0) is 0 Å². The van der Waals surface area contributed by atoms with Gasteiger partial charge in [0.1, 0.15) is 0 Å². The largest absolute Gasteiger partial charge is 0.377 e. The van der Waals surface area contributed by atoms with Gasteiger partial charge >= 0.3 is 0 Å². The standard InChI is InChI=1S/C13H14N6S/c1-8(12-7-20-9(2)15-12)14-11-5-3-4-10(6-11)13-16-18-19-17-13/h3-8,14H,1-2H3,(H,16,17,18,19). The fraction of sp³-hybridized carbons (Fsp3) is 0.231. The van der Waals surface area contributed by atoms with Crippen molar-refractivity contribution in [1.29, 1.82) is 0 Å². The van der Waals surface area contributed by atoms with E-state index in [1.165, 1.54) is 0 Å². The molecule has 1 atom stereocenters. The molecule has 2 N–H and O–H groups in total. The zero-order chi connectivity index (χ0) is 13.9. The third-order valence-corrected chi connectivity index (χ3v) is 3.72. The van der Waals surface area contributed by atoms with Gasteiger partial charge in [0.05, 0.1) is 16.7 Å². The smallest absolute Gasteiger partial charge is 0.204 e. The van der Waals surface area contributed by atoms with Crippen LogP contribution in [0.25, 0.3) is 11.4 Å². The number of hydrogen-bond acceptors (Lipinski definition) is 6. The Bertz CT molecular complexity index is 690. The Balaban J connectivity index is 1.79. The first-order chi connectivity index (χ1) is 9.72. The van der Waals surface area contributed by atoms with E-state index >= 15 is 0 Å². The SMILES string of the molecule is Cc1nc(C(C)Nc2cccc(-c3nn[nH]n3)c2)cs1. The number of nitrogens with one attached hydrogen (secondary N) is 2. The molecular formula is C13H14N6S. The van der Waals surface area contributed by atoms with Gasteiger partial charge in [0.25, 0.3) is 0 Å². The van der Waals surface area contributed by atoms with Gasteiger partial charge in [0.15, 0.2) is 0 Å². The van der Waals surface area contributed by atoms with Crippen molar-refractivity contribution in [3.05, 3.63) is 40.3 Å². The highest BCUT2D eigenvalue weighted by molar-refractivity contribution is 7.09. The third-order valence-electron chi connectivity index (χ3n) is 2.93. The maximum absolute atomic E-state index is 4.50. The quantitative estimate of drug-likeness (QED) is 0.771. The van der Waals surface area contributed by atoms with Crippen molar-refractivity contribution >= 4 is 17.0 Å². The van der Waals surface area contributed by atoms with E-state index in [9.17, 15) is 0 Å². The lowest BCUT2D eigenvalue weighted by atomic mass is 10.1. The molecule has 0 aliphatic rings. The number of aromatic nitrogens is 5. The van der Waals surface area contributed by atoms with Gasteiger partial charge < -0.3 is 5.32 Å². The van der Waals surface area contributed by atoms with Crippen LogP contribution in [0.4, 0.5) is 5.69 Å². The van der Waals surface area contributed by atoms with Gasteiger partial charge in [-0.1, -0.05) is 12.1 Å². The summed E-state index contributed by atoms with van der Waals surface area (Å²) in [6, 6.07) is 8.08. The normalized spacial score (nSPS) is 12.3. The Kier molecular flexibility index (Phi) is 3.42. The van der Waals surface area contributed by atoms with Crippen molar-refractivity contribution in [3.63, 3.8) is 0 Å². The summed E-state index contributed by atoms with van der Waals surface area (Å²) < 4.78 is 0. The van der Waals surface area contributed by atoms with Crippen LogP contribution in [0.2, 0.25) is 0 Å². The molecule has 3 rings (SSSR count). The lowest BCUT2D eigenvalue weighted by molar-refractivity contribution is 0.845. The van der Waals surface area contributed by atoms with Crippen molar-refractivity contribution in [2.75, 3.05) is 5.32 Å². The summed E-state index contributed by atoms with van der Waals surface area (Å²) in [6.07, 6.45) is 0. The number of rotatable bonds is 4. The molecule has 0 aliphatic heterocycles. The Morgan fingerprint density at radius 2 is 2.25 bits per heavy atom. The van der Waals surface area contributed by atoms with Gasteiger partial charge in [0.2, 0.25) is 5.82 Å². The number of tetrazole rings is 1. The van der Waals surface area contributed by atoms with E-state index in [2.05, 4.69) is 43.2 Å². The number of H-pyrrole nitrogens is 1. The van der Waals surface area contributed by atoms with Gasteiger partial charge in [-0.25, -0.2) is 4.98 Å². The topological polar surface area (TPSA) is 79.4 Å². The molecule has 0 saturated carbocycles. The Labute approximate surface area is 120 Å². The van der Waals surface area contributed by atoms with Crippen LogP contribution >= 0.6 is 11.3 Å². The van der Waals surface area contributed by atoms with Crippen LogP contribution in [0.1, 0.15) is 23.7 Å². The fourth-order valence-corrected chi connectivity index (χ4v) is 2.64. The predicted octanol–water partition coefficient (Wildman–Crippen LogP) is 2.80. The molecule has 0 bridgehead atoms. The van der Waals surface area contributed by atoms with Crippen LogP contribution in [-0.4, -0.2) is 25.6 Å². The Hall–Kier alpha value is -2.28. The van der Waals surface area contributed by atoms with Crippen LogP contribution < -0.4 is 5.32 Å². The summed E-state index contributed by atoms with van der Waals surface area (Å²) >= 11 is 1.66. The second kappa shape index (κ2) is 5.38. The van der Waals surface area contributed by atoms with Crippen LogP contribution in [0.15, 0.2) is 29.6 Å². The van der Waals surface area contributed by atoms with E-state index in [-0.39, 0.29) is 6.04 Å². The zero-order valence-corrected chi connectivity index (χ0v) is 12.0. The maximum atomic E-state index is 4.50. The first kappa shape index (κ1) is 12.7. The first-order valence-electron chi connectivity index (χ1n) is 6.25. The monoisotopic (exact) mass is 286 g/mol. The minimum absolute atomic E-state index is 0.153. The number of aryl methyl sites for hydroxylation is 1. The fourth-order valence-electron chi connectivity index (χ4n) is 1.94. The van der Waals surface area contributed by atoms with E-state index in [1.54, 1.807) is 11.3 Å². The molecule has 1 aromatic carbocycles. The van der Waals surface area contributed by atoms with Crippen molar-refractivity contribution in [2.45, 2.75) is 19.9 Å². The third kappa shape index (κ3) is 2.67. The highest BCUT2D eigenvalue weighted by Gasteiger charge is 2.10. The number of anilines is 1. The predicted molar refractivity (Wildman–Crippen MR) is 78.5 cm³/mol. The van der Waals surface area contributed by atoms with Crippen molar-refractivity contribution in [3.8, 4) is 11.4 Å². The molecule has 6 nitrogen and oxygen atoms in total. The van der Waals surface area contributed by atoms with Gasteiger partial charge in [-0.3, -0.25) is 0 Å². The van der Waals surface area contributed by atoms with Crippen molar-refractivity contribution in [2.24, 2.45) is 0 Å². The highest BCUT2D eigenvalue weighted by Crippen LogP contribution is 2.23. The summed E-state index contributed by atoms with van der Waals surface area (Å²) in [5.74, 6) is 0.589. The average molecular weight is 286 g/mol. The second-order valence-corrected chi connectivity index (χ2v) is 5.54. The molecule has 20 heavy (non-hydrogen) atoms. The molecule has 1 unspecified atom stereocenters. The summed E-state index contributed by atoms with van der Waals surface area (Å²) in [7, 11) is 0. The second-order valence-electron chi connectivity index (χ2n) is 4.47. The summed E-state index contributed by atoms with van der Waals surface area (Å²) in [4.78, 5) is 4.50. The molecule has 2 heterocycles. The van der Waals surface area contributed by atoms with Gasteiger partial charge in [-0.15, -0.1) is 21.5 Å². The van der Waals surface area contributed by atoms with E-state index < -0.39 is 0 Å². The molecule has 0 saturated heterocycles. The number of benzene rings is 1. The van der Waals surface area contributed by atoms with Gasteiger partial charge in [-0.2, -0.15) is 5.21 Å². The van der Waals surface area contributed by atoms with Crippen LogP contribution in [0, 0.1) is 6.92 Å². The number of hydrogen-bond donors (Lipinski definition) is 2. The van der Waals surface area contributed by atoms with Crippen LogP contribution in [0.3, 0.4) is 0 Å². The molecule has 2 aromatic heterocycles. The summed E-state index contributed by atoms with van der Waals surface area (Å²) in [6.45, 7) is 4.10. The van der Waals surface area contributed by atoms with Crippen molar-refractivity contribution in [1.82, 2.24) is 25.6 Å². The minimum atomic E-state index is 0.153. The molecule has 0 radical (unpaired) electrons. The molecule has 0 amide bonds. The Morgan fingerprint density at radius 3 is 2.95 bits per heavy atom. The molecule has 102 valence electrons. The van der Waals surface area contributed by atoms with Gasteiger partial charge in [-0.05, 0) is 31.2 Å². The van der Waals surface area contributed by atoms with Crippen LogP contribution in [0.5, 0.6) is 0 Å². The highest BCUT2D eigenvalue weighted by atomic mass is 32.1. The van der Waals surface area contributed by atoms with E-state index in [0.29, 0.717) is 5.82 Å².